The Bertz CT molecular complexity index is 1330. The summed E-state index contributed by atoms with van der Waals surface area (Å²) in [5.74, 6) is 0.941. The van der Waals surface area contributed by atoms with Gasteiger partial charge in [0.25, 0.3) is 0 Å². The van der Waals surface area contributed by atoms with E-state index in [1.807, 2.05) is 30.3 Å². The van der Waals surface area contributed by atoms with Crippen molar-refractivity contribution >= 4 is 23.4 Å². The van der Waals surface area contributed by atoms with E-state index < -0.39 is 18.2 Å². The fourth-order valence-electron chi connectivity index (χ4n) is 5.86. The molecule has 3 aromatic carbocycles. The average molecular weight is 595 g/mol. The molecule has 8 nitrogen and oxygen atoms in total. The fraction of sp³-hybridized carbons (Fsp3) is 0.406. The summed E-state index contributed by atoms with van der Waals surface area (Å²) in [5.41, 5.74) is 1.37. The van der Waals surface area contributed by atoms with E-state index in [0.29, 0.717) is 34.3 Å². The van der Waals surface area contributed by atoms with Crippen molar-refractivity contribution in [3.05, 3.63) is 89.2 Å². The molecule has 0 radical (unpaired) electrons. The van der Waals surface area contributed by atoms with Crippen LogP contribution in [0.4, 0.5) is 14.9 Å². The van der Waals surface area contributed by atoms with Gasteiger partial charge in [-0.1, -0.05) is 23.7 Å². The Balaban J connectivity index is 1.12. The van der Waals surface area contributed by atoms with Crippen molar-refractivity contribution in [1.29, 1.82) is 0 Å². The molecule has 3 saturated heterocycles. The second-order valence-electron chi connectivity index (χ2n) is 10.9. The summed E-state index contributed by atoms with van der Waals surface area (Å²) in [5, 5.41) is 0.633. The number of morpholine rings is 1. The molecule has 0 bridgehead atoms. The minimum atomic E-state index is -0.462. The van der Waals surface area contributed by atoms with Crippen LogP contribution in [0.1, 0.15) is 11.6 Å². The third-order valence-corrected chi connectivity index (χ3v) is 8.42. The van der Waals surface area contributed by atoms with Crippen molar-refractivity contribution < 1.29 is 23.4 Å². The number of anilines is 1. The standard InChI is InChI=1S/C32H36ClFN4O4/c33-25-4-8-28(9-5-25)41-29-10-6-27(7-11-29)38-31(24-2-1-3-26(34)22-24)30(42-32(38)39)23-37-16-14-35(15-17-37)12-13-36-18-20-40-21-19-36/h1-11,22,30-31H,12-21,23H2/t30-,31-/m0/s1. The molecule has 42 heavy (non-hydrogen) atoms. The monoisotopic (exact) mass is 594 g/mol. The summed E-state index contributed by atoms with van der Waals surface area (Å²) >= 11 is 5.98. The molecule has 3 fully saturated rings. The Morgan fingerprint density at radius 3 is 2.10 bits per heavy atom. The zero-order valence-corrected chi connectivity index (χ0v) is 24.3. The van der Waals surface area contributed by atoms with E-state index >= 15 is 0 Å². The van der Waals surface area contributed by atoms with Crippen LogP contribution in [-0.2, 0) is 9.47 Å². The molecule has 0 unspecified atom stereocenters. The van der Waals surface area contributed by atoms with Crippen molar-refractivity contribution in [2.75, 3.05) is 77.0 Å². The molecule has 6 rings (SSSR count). The molecular formula is C32H36ClFN4O4. The highest BCUT2D eigenvalue weighted by Crippen LogP contribution is 2.39. The van der Waals surface area contributed by atoms with Crippen LogP contribution >= 0.6 is 11.6 Å². The van der Waals surface area contributed by atoms with Crippen LogP contribution in [-0.4, -0.2) is 99.0 Å². The van der Waals surface area contributed by atoms with Gasteiger partial charge in [-0.2, -0.15) is 0 Å². The Labute approximate surface area is 251 Å². The van der Waals surface area contributed by atoms with Crippen LogP contribution in [0.15, 0.2) is 72.8 Å². The van der Waals surface area contributed by atoms with Crippen molar-refractivity contribution in [2.45, 2.75) is 12.1 Å². The number of nitrogens with zero attached hydrogens (tertiary/aromatic N) is 4. The predicted octanol–water partition coefficient (Wildman–Crippen LogP) is 5.29. The molecule has 3 aliphatic rings. The molecule has 1 amide bonds. The fourth-order valence-corrected chi connectivity index (χ4v) is 5.99. The molecule has 3 heterocycles. The summed E-state index contributed by atoms with van der Waals surface area (Å²) in [4.78, 5) is 22.3. The van der Waals surface area contributed by atoms with Crippen LogP contribution in [0.3, 0.4) is 0 Å². The summed E-state index contributed by atoms with van der Waals surface area (Å²) in [7, 11) is 0. The van der Waals surface area contributed by atoms with Gasteiger partial charge < -0.3 is 14.2 Å². The lowest BCUT2D eigenvalue weighted by Gasteiger charge is -2.37. The molecular weight excluding hydrogens is 559 g/mol. The van der Waals surface area contributed by atoms with Gasteiger partial charge in [0.2, 0.25) is 0 Å². The van der Waals surface area contributed by atoms with Crippen LogP contribution in [0.25, 0.3) is 0 Å². The lowest BCUT2D eigenvalue weighted by atomic mass is 9.99. The molecule has 222 valence electrons. The van der Waals surface area contributed by atoms with Gasteiger partial charge in [0.1, 0.15) is 29.5 Å². The molecule has 0 saturated carbocycles. The first-order chi connectivity index (χ1) is 20.5. The van der Waals surface area contributed by atoms with Gasteiger partial charge in [-0.05, 0) is 66.2 Å². The smallest absolute Gasteiger partial charge is 0.415 e. The quantitative estimate of drug-likeness (QED) is 0.334. The Hall–Kier alpha value is -3.21. The minimum Gasteiger partial charge on any atom is -0.457 e. The van der Waals surface area contributed by atoms with Crippen LogP contribution in [0.2, 0.25) is 5.02 Å². The van der Waals surface area contributed by atoms with E-state index in [1.165, 1.54) is 12.1 Å². The Kier molecular flexibility index (Phi) is 9.21. The number of hydrogen-bond acceptors (Lipinski definition) is 7. The van der Waals surface area contributed by atoms with E-state index in [0.717, 1.165) is 65.6 Å². The first-order valence-electron chi connectivity index (χ1n) is 14.6. The van der Waals surface area contributed by atoms with Crippen molar-refractivity contribution in [1.82, 2.24) is 14.7 Å². The van der Waals surface area contributed by atoms with Gasteiger partial charge in [0, 0.05) is 69.6 Å². The highest BCUT2D eigenvalue weighted by atomic mass is 35.5. The van der Waals surface area contributed by atoms with Gasteiger partial charge >= 0.3 is 6.09 Å². The Morgan fingerprint density at radius 2 is 1.43 bits per heavy atom. The zero-order chi connectivity index (χ0) is 28.9. The summed E-state index contributed by atoms with van der Waals surface area (Å²) < 4.78 is 31.7. The molecule has 10 heteroatoms. The largest absolute Gasteiger partial charge is 0.457 e. The first kappa shape index (κ1) is 28.9. The normalized spacial score (nSPS) is 22.3. The SMILES string of the molecule is O=C1O[C@@H](CN2CCN(CCN3CCOCC3)CC2)[C@H](c2cccc(F)c2)N1c1ccc(Oc2ccc(Cl)cc2)cc1. The van der Waals surface area contributed by atoms with Gasteiger partial charge in [-0.15, -0.1) is 0 Å². The number of ether oxygens (including phenoxy) is 3. The molecule has 0 aromatic heterocycles. The number of piperazine rings is 1. The third-order valence-electron chi connectivity index (χ3n) is 8.17. The number of amides is 1. The number of halogens is 2. The number of cyclic esters (lactones) is 1. The number of rotatable bonds is 9. The molecule has 0 N–H and O–H groups in total. The van der Waals surface area contributed by atoms with Gasteiger partial charge in [-0.3, -0.25) is 19.6 Å². The van der Waals surface area contributed by atoms with E-state index in [-0.39, 0.29) is 5.82 Å². The average Bonchev–Trinajstić information content (AvgIpc) is 3.34. The van der Waals surface area contributed by atoms with Crippen molar-refractivity contribution in [2.24, 2.45) is 0 Å². The number of benzene rings is 3. The summed E-state index contributed by atoms with van der Waals surface area (Å²) in [6, 6.07) is 20.4. The molecule has 3 aliphatic heterocycles. The first-order valence-corrected chi connectivity index (χ1v) is 14.9. The van der Waals surface area contributed by atoms with Gasteiger partial charge in [-0.25, -0.2) is 9.18 Å². The highest BCUT2D eigenvalue weighted by molar-refractivity contribution is 6.30. The van der Waals surface area contributed by atoms with Gasteiger partial charge in [0.15, 0.2) is 0 Å². The molecule has 0 aliphatic carbocycles. The molecule has 0 spiro atoms. The minimum absolute atomic E-state index is 0.342. The maximum Gasteiger partial charge on any atom is 0.415 e. The Morgan fingerprint density at radius 1 is 0.810 bits per heavy atom. The van der Waals surface area contributed by atoms with E-state index in [4.69, 9.17) is 25.8 Å². The predicted molar refractivity (Wildman–Crippen MR) is 160 cm³/mol. The number of carbonyl (C=O) groups excluding carboxylic acids is 1. The number of carbonyl (C=O) groups is 1. The van der Waals surface area contributed by atoms with Crippen LogP contribution in [0.5, 0.6) is 11.5 Å². The van der Waals surface area contributed by atoms with Crippen LogP contribution < -0.4 is 9.64 Å². The van der Waals surface area contributed by atoms with Crippen LogP contribution in [0, 0.1) is 5.82 Å². The highest BCUT2D eigenvalue weighted by Gasteiger charge is 2.44. The number of hydrogen-bond donors (Lipinski definition) is 0. The topological polar surface area (TPSA) is 57.7 Å². The maximum absolute atomic E-state index is 14.4. The van der Waals surface area contributed by atoms with Crippen molar-refractivity contribution in [3.63, 3.8) is 0 Å². The lowest BCUT2D eigenvalue weighted by Crippen LogP contribution is -2.51. The van der Waals surface area contributed by atoms with Crippen molar-refractivity contribution in [3.8, 4) is 11.5 Å². The summed E-state index contributed by atoms with van der Waals surface area (Å²) in [6.45, 7) is 10.0. The second kappa shape index (κ2) is 13.4. The molecule has 3 aromatic rings. The van der Waals surface area contributed by atoms with Gasteiger partial charge in [0.05, 0.1) is 13.2 Å². The van der Waals surface area contributed by atoms with E-state index in [9.17, 15) is 9.18 Å². The third kappa shape index (κ3) is 7.04. The molecule has 2 atom stereocenters. The lowest BCUT2D eigenvalue weighted by molar-refractivity contribution is 0.0273. The zero-order valence-electron chi connectivity index (χ0n) is 23.5. The maximum atomic E-state index is 14.4. The van der Waals surface area contributed by atoms with E-state index in [2.05, 4.69) is 14.7 Å². The summed E-state index contributed by atoms with van der Waals surface area (Å²) in [6.07, 6.45) is -0.881. The second-order valence-corrected chi connectivity index (χ2v) is 11.4. The van der Waals surface area contributed by atoms with E-state index in [1.54, 1.807) is 35.2 Å².